The highest BCUT2D eigenvalue weighted by Crippen LogP contribution is 2.33. The van der Waals surface area contributed by atoms with Gasteiger partial charge in [0.25, 0.3) is 0 Å². The number of carbonyl (C=O) groups is 1. The van der Waals surface area contributed by atoms with Crippen molar-refractivity contribution in [3.63, 3.8) is 0 Å². The Hall–Kier alpha value is -3.41. The topological polar surface area (TPSA) is 91.2 Å². The number of alkyl carbamates (subject to hydrolysis) is 1. The summed E-state index contributed by atoms with van der Waals surface area (Å²) in [6.07, 6.45) is 2.41. The number of halogens is 3. The molecule has 38 heavy (non-hydrogen) atoms. The average molecular weight is 560 g/mol. The number of aromatic nitrogens is 4. The largest absolute Gasteiger partial charge is 0.445 e. The number of carbonyl (C=O) groups excluding carboxylic acids is 1. The van der Waals surface area contributed by atoms with Crippen molar-refractivity contribution >= 4 is 36.7 Å². The van der Waals surface area contributed by atoms with Gasteiger partial charge in [0.05, 0.1) is 23.0 Å². The second kappa shape index (κ2) is 11.5. The number of hydrogen-bond donors (Lipinski definition) is 1. The molecule has 0 unspecified atom stereocenters. The van der Waals surface area contributed by atoms with Crippen molar-refractivity contribution in [2.75, 3.05) is 13.7 Å². The van der Waals surface area contributed by atoms with E-state index in [-0.39, 0.29) is 30.2 Å². The van der Waals surface area contributed by atoms with Crippen molar-refractivity contribution in [3.8, 4) is 22.5 Å². The van der Waals surface area contributed by atoms with Crippen LogP contribution in [0.25, 0.3) is 33.4 Å². The molecule has 8 nitrogen and oxygen atoms in total. The van der Waals surface area contributed by atoms with Gasteiger partial charge in [-0.1, -0.05) is 31.2 Å². The highest BCUT2D eigenvalue weighted by molar-refractivity contribution is 6.76. The Morgan fingerprint density at radius 1 is 1.11 bits per heavy atom. The lowest BCUT2D eigenvalue weighted by Gasteiger charge is -2.15. The van der Waals surface area contributed by atoms with Gasteiger partial charge in [-0.25, -0.2) is 23.2 Å². The van der Waals surface area contributed by atoms with Gasteiger partial charge in [-0.3, -0.25) is 4.98 Å². The molecule has 0 bridgehead atoms. The molecule has 0 radical (unpaired) electrons. The summed E-state index contributed by atoms with van der Waals surface area (Å²) in [7, 11) is 0.132. The SMILES string of the molecule is CNC(=O)OCc1cc(F)c(-c2cc3c(-c4ccc(Cl)nc4)nn(COCC[Si](C)(C)C)c3cn2)c(F)c1. The maximum absolute atomic E-state index is 15.1. The number of benzene rings is 1. The van der Waals surface area contributed by atoms with Crippen molar-refractivity contribution in [1.29, 1.82) is 0 Å². The zero-order valence-corrected chi connectivity index (χ0v) is 23.3. The first-order valence-corrected chi connectivity index (χ1v) is 16.0. The van der Waals surface area contributed by atoms with Gasteiger partial charge in [-0.2, -0.15) is 5.10 Å². The smallest absolute Gasteiger partial charge is 0.407 e. The predicted molar refractivity (Wildman–Crippen MR) is 144 cm³/mol. The normalized spacial score (nSPS) is 11.7. The molecule has 200 valence electrons. The molecule has 0 fully saturated rings. The maximum atomic E-state index is 15.1. The minimum Gasteiger partial charge on any atom is -0.445 e. The van der Waals surface area contributed by atoms with E-state index in [1.807, 2.05) is 0 Å². The molecule has 12 heteroatoms. The lowest BCUT2D eigenvalue weighted by molar-refractivity contribution is 0.0818. The highest BCUT2D eigenvalue weighted by atomic mass is 35.5. The fourth-order valence-corrected chi connectivity index (χ4v) is 4.61. The van der Waals surface area contributed by atoms with Gasteiger partial charge in [0, 0.05) is 38.9 Å². The van der Waals surface area contributed by atoms with Crippen LogP contribution in [0.2, 0.25) is 30.8 Å². The molecule has 0 aliphatic heterocycles. The predicted octanol–water partition coefficient (Wildman–Crippen LogP) is 6.26. The molecule has 3 aromatic heterocycles. The molecule has 1 amide bonds. The standard InChI is InChI=1S/C26H28ClF2N5O3Si/c1-30-26(35)37-14-16-9-19(28)24(20(29)10-16)21-11-18-22(13-31-21)34(15-36-7-8-38(2,3)4)33-25(18)17-5-6-23(27)32-12-17/h5-6,9-13H,7-8,14-15H2,1-4H3,(H,30,35). The third-order valence-electron chi connectivity index (χ3n) is 5.78. The number of rotatable bonds is 9. The Morgan fingerprint density at radius 2 is 1.84 bits per heavy atom. The summed E-state index contributed by atoms with van der Waals surface area (Å²) in [4.78, 5) is 19.8. The van der Waals surface area contributed by atoms with E-state index in [0.717, 1.165) is 18.2 Å². The van der Waals surface area contributed by atoms with Gasteiger partial charge in [-0.15, -0.1) is 0 Å². The van der Waals surface area contributed by atoms with Gasteiger partial charge >= 0.3 is 6.09 Å². The monoisotopic (exact) mass is 559 g/mol. The number of nitrogens with zero attached hydrogens (tertiary/aromatic N) is 4. The van der Waals surface area contributed by atoms with Gasteiger partial charge in [0.1, 0.15) is 35.8 Å². The van der Waals surface area contributed by atoms with Crippen molar-refractivity contribution in [3.05, 3.63) is 65.1 Å². The Morgan fingerprint density at radius 3 is 2.47 bits per heavy atom. The summed E-state index contributed by atoms with van der Waals surface area (Å²) in [5.74, 6) is -1.66. The third kappa shape index (κ3) is 6.53. The molecule has 1 N–H and O–H groups in total. The molecule has 0 saturated carbocycles. The van der Waals surface area contributed by atoms with Crippen molar-refractivity contribution in [2.45, 2.75) is 39.0 Å². The Balaban J connectivity index is 1.72. The van der Waals surface area contributed by atoms with Crippen molar-refractivity contribution < 1.29 is 23.0 Å². The quantitative estimate of drug-likeness (QED) is 0.148. The Kier molecular flexibility index (Phi) is 8.39. The average Bonchev–Trinajstić information content (AvgIpc) is 3.22. The molecule has 3 heterocycles. The number of pyridine rings is 2. The molecular formula is C26H28ClF2N5O3Si. The van der Waals surface area contributed by atoms with Gasteiger partial charge in [-0.05, 0) is 41.9 Å². The molecule has 0 aliphatic carbocycles. The number of amides is 1. The van der Waals surface area contributed by atoms with Crippen LogP contribution >= 0.6 is 11.6 Å². The molecule has 0 saturated heterocycles. The summed E-state index contributed by atoms with van der Waals surface area (Å²) in [6, 6.07) is 8.25. The zero-order chi connectivity index (χ0) is 27.4. The van der Waals surface area contributed by atoms with Gasteiger partial charge < -0.3 is 14.8 Å². The Bertz CT molecular complexity index is 1440. The Labute approximate surface area is 225 Å². The molecule has 0 atom stereocenters. The highest BCUT2D eigenvalue weighted by Gasteiger charge is 2.20. The van der Waals surface area contributed by atoms with E-state index < -0.39 is 25.8 Å². The van der Waals surface area contributed by atoms with E-state index in [2.05, 4.69) is 34.9 Å². The second-order valence-electron chi connectivity index (χ2n) is 9.91. The number of ether oxygens (including phenoxy) is 2. The van der Waals surface area contributed by atoms with Gasteiger partial charge in [0.15, 0.2) is 0 Å². The van der Waals surface area contributed by atoms with Gasteiger partial charge in [0.2, 0.25) is 0 Å². The summed E-state index contributed by atoms with van der Waals surface area (Å²) >= 11 is 5.97. The van der Waals surface area contributed by atoms with E-state index in [9.17, 15) is 4.79 Å². The lowest BCUT2D eigenvalue weighted by atomic mass is 10.0. The molecule has 4 aromatic rings. The maximum Gasteiger partial charge on any atom is 0.407 e. The fourth-order valence-electron chi connectivity index (χ4n) is 3.74. The van der Waals surface area contributed by atoms with Crippen molar-refractivity contribution in [2.24, 2.45) is 0 Å². The van der Waals surface area contributed by atoms with Crippen LogP contribution in [0.15, 0.2) is 42.7 Å². The lowest BCUT2D eigenvalue weighted by Crippen LogP contribution is -2.22. The number of nitrogens with one attached hydrogen (secondary N) is 1. The van der Waals surface area contributed by atoms with Crippen LogP contribution in [-0.4, -0.2) is 47.6 Å². The van der Waals surface area contributed by atoms with Crippen LogP contribution < -0.4 is 5.32 Å². The van der Waals surface area contributed by atoms with Crippen molar-refractivity contribution in [1.82, 2.24) is 25.1 Å². The summed E-state index contributed by atoms with van der Waals surface area (Å²) in [6.45, 7) is 7.35. The first kappa shape index (κ1) is 27.6. The van der Waals surface area contributed by atoms with E-state index in [4.69, 9.17) is 26.2 Å². The molecule has 0 aliphatic rings. The summed E-state index contributed by atoms with van der Waals surface area (Å²) < 4.78 is 42.6. The zero-order valence-electron chi connectivity index (χ0n) is 21.5. The first-order valence-electron chi connectivity index (χ1n) is 11.9. The number of fused-ring (bicyclic) bond motifs is 1. The summed E-state index contributed by atoms with van der Waals surface area (Å²) in [5.41, 5.74) is 1.84. The molecule has 0 spiro atoms. The van der Waals surface area contributed by atoms with Crippen LogP contribution in [-0.2, 0) is 22.8 Å². The van der Waals surface area contributed by atoms with Crippen LogP contribution in [0, 0.1) is 11.6 Å². The fraction of sp³-hybridized carbons (Fsp3) is 0.308. The summed E-state index contributed by atoms with van der Waals surface area (Å²) in [5, 5.41) is 7.94. The molecule has 1 aromatic carbocycles. The third-order valence-corrected chi connectivity index (χ3v) is 7.71. The van der Waals surface area contributed by atoms with Crippen LogP contribution in [0.1, 0.15) is 5.56 Å². The van der Waals surface area contributed by atoms with Crippen LogP contribution in [0.3, 0.4) is 0 Å². The van der Waals surface area contributed by atoms with Crippen LogP contribution in [0.4, 0.5) is 13.6 Å². The number of hydrogen-bond acceptors (Lipinski definition) is 6. The molecular weight excluding hydrogens is 532 g/mol. The minimum absolute atomic E-state index is 0.0913. The van der Waals surface area contributed by atoms with E-state index in [1.165, 1.54) is 13.2 Å². The minimum atomic E-state index is -1.26. The van der Waals surface area contributed by atoms with E-state index in [1.54, 1.807) is 29.1 Å². The van der Waals surface area contributed by atoms with E-state index in [0.29, 0.717) is 33.9 Å². The van der Waals surface area contributed by atoms with Crippen LogP contribution in [0.5, 0.6) is 0 Å². The second-order valence-corrected chi connectivity index (χ2v) is 15.9. The van der Waals surface area contributed by atoms with E-state index >= 15 is 8.78 Å². The molecule has 4 rings (SSSR count). The first-order chi connectivity index (χ1) is 18.1.